The average Bonchev–Trinajstić information content (AvgIpc) is 2.51. The smallest absolute Gasteiger partial charge is 0.328 e. The van der Waals surface area contributed by atoms with Crippen LogP contribution in [0.5, 0.6) is 0 Å². The van der Waals surface area contributed by atoms with E-state index in [2.05, 4.69) is 5.32 Å². The van der Waals surface area contributed by atoms with Gasteiger partial charge in [0.05, 0.1) is 12.4 Å². The van der Waals surface area contributed by atoms with Gasteiger partial charge >= 0.3 is 5.97 Å². The van der Waals surface area contributed by atoms with Gasteiger partial charge in [-0.3, -0.25) is 4.79 Å². The lowest BCUT2D eigenvalue weighted by Gasteiger charge is -2.23. The Morgan fingerprint density at radius 1 is 1.24 bits per heavy atom. The lowest BCUT2D eigenvalue weighted by atomic mass is 9.99. The molecule has 3 unspecified atom stereocenters. The number of hydrogen-bond acceptors (Lipinski definition) is 4. The Morgan fingerprint density at radius 2 is 1.86 bits per heavy atom. The second-order valence-electron chi connectivity index (χ2n) is 4.97. The summed E-state index contributed by atoms with van der Waals surface area (Å²) in [5.74, 6) is -0.510. The Morgan fingerprint density at radius 3 is 2.38 bits per heavy atom. The van der Waals surface area contributed by atoms with Crippen LogP contribution in [0, 0.1) is 5.92 Å². The maximum Gasteiger partial charge on any atom is 0.328 e. The molecule has 21 heavy (non-hydrogen) atoms. The van der Waals surface area contributed by atoms with E-state index >= 15 is 0 Å². The minimum Gasteiger partial charge on any atom is -0.467 e. The number of methoxy groups -OCH3 is 1. The molecule has 5 heteroatoms. The Bertz CT molecular complexity index is 464. The predicted octanol–water partition coefficient (Wildman–Crippen LogP) is 2.87. The maximum absolute atomic E-state index is 12.3. The molecule has 116 valence electrons. The molecule has 0 spiro atoms. The zero-order valence-electron chi connectivity index (χ0n) is 13.0. The molecule has 0 radical (unpaired) electrons. The first-order valence-electron chi connectivity index (χ1n) is 7.09. The Hall–Kier alpha value is -1.49. The van der Waals surface area contributed by atoms with Crippen molar-refractivity contribution in [3.05, 3.63) is 30.3 Å². The van der Waals surface area contributed by atoms with E-state index in [1.807, 2.05) is 51.1 Å². The molecule has 3 atom stereocenters. The summed E-state index contributed by atoms with van der Waals surface area (Å²) in [4.78, 5) is 25.1. The molecule has 4 nitrogen and oxygen atoms in total. The molecule has 0 aliphatic rings. The highest BCUT2D eigenvalue weighted by Crippen LogP contribution is 2.23. The van der Waals surface area contributed by atoms with Crippen LogP contribution in [0.1, 0.15) is 27.2 Å². The van der Waals surface area contributed by atoms with Gasteiger partial charge in [-0.1, -0.05) is 38.5 Å². The number of hydrogen-bond donors (Lipinski definition) is 1. The van der Waals surface area contributed by atoms with Crippen molar-refractivity contribution in [2.24, 2.45) is 5.92 Å². The average molecular weight is 309 g/mol. The number of carbonyl (C=O) groups is 2. The summed E-state index contributed by atoms with van der Waals surface area (Å²) in [7, 11) is 1.34. The van der Waals surface area contributed by atoms with Crippen molar-refractivity contribution in [3.8, 4) is 0 Å². The monoisotopic (exact) mass is 309 g/mol. The molecular weight excluding hydrogens is 286 g/mol. The van der Waals surface area contributed by atoms with E-state index in [0.717, 1.165) is 11.3 Å². The van der Waals surface area contributed by atoms with E-state index < -0.39 is 12.0 Å². The molecule has 1 amide bonds. The Balaban J connectivity index is 2.66. The molecule has 0 saturated carbocycles. The molecule has 1 aromatic carbocycles. The van der Waals surface area contributed by atoms with Gasteiger partial charge in [-0.15, -0.1) is 11.8 Å². The third-order valence-corrected chi connectivity index (χ3v) is 4.50. The fourth-order valence-corrected chi connectivity index (χ4v) is 2.72. The summed E-state index contributed by atoms with van der Waals surface area (Å²) in [5.41, 5.74) is 0. The minimum atomic E-state index is -0.591. The van der Waals surface area contributed by atoms with Gasteiger partial charge in [-0.25, -0.2) is 4.79 Å². The first-order chi connectivity index (χ1) is 9.99. The van der Waals surface area contributed by atoms with Crippen LogP contribution in [-0.2, 0) is 14.3 Å². The van der Waals surface area contributed by atoms with Crippen molar-refractivity contribution in [2.75, 3.05) is 7.11 Å². The van der Waals surface area contributed by atoms with Crippen molar-refractivity contribution < 1.29 is 14.3 Å². The van der Waals surface area contributed by atoms with Crippen LogP contribution in [0.4, 0.5) is 0 Å². The first-order valence-corrected chi connectivity index (χ1v) is 7.97. The number of amides is 1. The van der Waals surface area contributed by atoms with Gasteiger partial charge in [-0.2, -0.15) is 0 Å². The zero-order chi connectivity index (χ0) is 15.8. The van der Waals surface area contributed by atoms with Crippen LogP contribution in [0.15, 0.2) is 35.2 Å². The van der Waals surface area contributed by atoms with Crippen molar-refractivity contribution in [2.45, 2.75) is 43.4 Å². The van der Waals surface area contributed by atoms with E-state index in [4.69, 9.17) is 4.74 Å². The van der Waals surface area contributed by atoms with E-state index in [0.29, 0.717) is 0 Å². The molecule has 0 aliphatic heterocycles. The normalized spacial score (nSPS) is 14.9. The molecule has 1 N–H and O–H groups in total. The van der Waals surface area contributed by atoms with Crippen LogP contribution in [0.25, 0.3) is 0 Å². The number of benzene rings is 1. The van der Waals surface area contributed by atoms with Crippen molar-refractivity contribution >= 4 is 23.6 Å². The van der Waals surface area contributed by atoms with E-state index in [1.54, 1.807) is 0 Å². The maximum atomic E-state index is 12.3. The quantitative estimate of drug-likeness (QED) is 0.621. The molecule has 0 aliphatic carbocycles. The summed E-state index contributed by atoms with van der Waals surface area (Å²) in [5, 5.41) is 2.53. The van der Waals surface area contributed by atoms with E-state index in [9.17, 15) is 9.59 Å². The van der Waals surface area contributed by atoms with Gasteiger partial charge < -0.3 is 10.1 Å². The molecule has 1 rings (SSSR count). The van der Waals surface area contributed by atoms with Gasteiger partial charge in [0.25, 0.3) is 0 Å². The van der Waals surface area contributed by atoms with E-state index in [-0.39, 0.29) is 17.1 Å². The van der Waals surface area contributed by atoms with Crippen molar-refractivity contribution in [1.29, 1.82) is 0 Å². The Labute approximate surface area is 130 Å². The van der Waals surface area contributed by atoms with Gasteiger partial charge in [0, 0.05) is 4.90 Å². The lowest BCUT2D eigenvalue weighted by molar-refractivity contribution is -0.146. The molecule has 0 aromatic heterocycles. The molecule has 0 bridgehead atoms. The van der Waals surface area contributed by atoms with Crippen molar-refractivity contribution in [3.63, 3.8) is 0 Å². The highest BCUT2D eigenvalue weighted by molar-refractivity contribution is 8.00. The first kappa shape index (κ1) is 17.6. The summed E-state index contributed by atoms with van der Waals surface area (Å²) in [6.07, 6.45) is 0.792. The highest BCUT2D eigenvalue weighted by Gasteiger charge is 2.28. The zero-order valence-corrected chi connectivity index (χ0v) is 13.8. The largest absolute Gasteiger partial charge is 0.467 e. The van der Waals surface area contributed by atoms with Gasteiger partial charge in [-0.05, 0) is 25.0 Å². The highest BCUT2D eigenvalue weighted by atomic mass is 32.2. The standard InChI is InChI=1S/C16H23NO3S/c1-5-11(2)14(16(19)20-4)17-15(18)12(3)21-13-9-7-6-8-10-13/h6-12,14H,5H2,1-4H3,(H,17,18). The number of nitrogens with one attached hydrogen (secondary N) is 1. The number of rotatable bonds is 7. The Kier molecular flexibility index (Phi) is 7.29. The number of thioether (sulfide) groups is 1. The third kappa shape index (κ3) is 5.42. The third-order valence-electron chi connectivity index (χ3n) is 3.39. The van der Waals surface area contributed by atoms with E-state index in [1.165, 1.54) is 18.9 Å². The molecule has 0 saturated heterocycles. The fraction of sp³-hybridized carbons (Fsp3) is 0.500. The predicted molar refractivity (Wildman–Crippen MR) is 85.2 cm³/mol. The summed E-state index contributed by atoms with van der Waals surface area (Å²) in [6, 6.07) is 9.13. The molecule has 1 aromatic rings. The number of carbonyl (C=O) groups excluding carboxylic acids is 2. The topological polar surface area (TPSA) is 55.4 Å². The minimum absolute atomic E-state index is 0.0373. The van der Waals surface area contributed by atoms with Crippen LogP contribution >= 0.6 is 11.8 Å². The lowest BCUT2D eigenvalue weighted by Crippen LogP contribution is -2.48. The van der Waals surface area contributed by atoms with Crippen molar-refractivity contribution in [1.82, 2.24) is 5.32 Å². The van der Waals surface area contributed by atoms with Crippen LogP contribution in [0.2, 0.25) is 0 Å². The second-order valence-corrected chi connectivity index (χ2v) is 6.38. The summed E-state index contributed by atoms with van der Waals surface area (Å²) >= 11 is 1.47. The second kappa shape index (κ2) is 8.72. The number of esters is 1. The number of ether oxygens (including phenoxy) is 1. The molecule has 0 fully saturated rings. The van der Waals surface area contributed by atoms with Gasteiger partial charge in [0.2, 0.25) is 5.91 Å². The summed E-state index contributed by atoms with van der Waals surface area (Å²) < 4.78 is 4.77. The van der Waals surface area contributed by atoms with Crippen LogP contribution in [-0.4, -0.2) is 30.3 Å². The summed E-state index contributed by atoms with van der Waals surface area (Å²) in [6.45, 7) is 5.74. The van der Waals surface area contributed by atoms with Crippen LogP contribution < -0.4 is 5.32 Å². The molecular formula is C16H23NO3S. The van der Waals surface area contributed by atoms with Gasteiger partial charge in [0.1, 0.15) is 6.04 Å². The SMILES string of the molecule is CCC(C)C(NC(=O)C(C)Sc1ccccc1)C(=O)OC. The fourth-order valence-electron chi connectivity index (χ4n) is 1.82. The van der Waals surface area contributed by atoms with Crippen LogP contribution in [0.3, 0.4) is 0 Å². The van der Waals surface area contributed by atoms with Gasteiger partial charge in [0.15, 0.2) is 0 Å². The molecule has 0 heterocycles.